The Kier molecular flexibility index (Phi) is 10.2. The maximum absolute atomic E-state index is 12.1. The minimum absolute atomic E-state index is 0. The summed E-state index contributed by atoms with van der Waals surface area (Å²) in [6.45, 7) is 10.2. The Balaban J connectivity index is 0.00000529. The van der Waals surface area contributed by atoms with Crippen LogP contribution in [0.15, 0.2) is 4.99 Å². The van der Waals surface area contributed by atoms with E-state index >= 15 is 0 Å². The predicted octanol–water partition coefficient (Wildman–Crippen LogP) is 3.20. The Hall–Kier alpha value is -0.0500. The largest absolute Gasteiger partial charge is 0.355 e. The molecule has 0 saturated heterocycles. The lowest BCUT2D eigenvalue weighted by Gasteiger charge is -2.32. The van der Waals surface area contributed by atoms with Gasteiger partial charge < -0.3 is 10.6 Å². The van der Waals surface area contributed by atoms with Crippen LogP contribution in [0.1, 0.15) is 60.3 Å². The third-order valence-corrected chi connectivity index (χ3v) is 7.48. The Morgan fingerprint density at radius 2 is 1.71 bits per heavy atom. The topological polar surface area (TPSA) is 70.6 Å². The van der Waals surface area contributed by atoms with Crippen molar-refractivity contribution in [3.63, 3.8) is 0 Å². The second kappa shape index (κ2) is 10.2. The van der Waals surface area contributed by atoms with Crippen LogP contribution in [0.2, 0.25) is 0 Å². The monoisotopic (exact) mass is 473 g/mol. The van der Waals surface area contributed by atoms with Gasteiger partial charge in [-0.1, -0.05) is 13.8 Å². The number of nitrogens with zero attached hydrogens (tertiary/aromatic N) is 1. The number of nitrogens with one attached hydrogen (secondary N) is 2. The van der Waals surface area contributed by atoms with E-state index in [4.69, 9.17) is 0 Å². The molecule has 0 radical (unpaired) electrons. The van der Waals surface area contributed by atoms with E-state index in [1.165, 1.54) is 12.8 Å². The van der Waals surface area contributed by atoms with Gasteiger partial charge in [0.15, 0.2) is 15.8 Å². The molecular weight excluding hydrogens is 437 g/mol. The average Bonchev–Trinajstić information content (AvgIpc) is 2.45. The van der Waals surface area contributed by atoms with Crippen molar-refractivity contribution in [1.29, 1.82) is 0 Å². The van der Waals surface area contributed by atoms with Gasteiger partial charge in [-0.15, -0.1) is 24.0 Å². The summed E-state index contributed by atoms with van der Waals surface area (Å²) in [4.78, 5) is 4.22. The molecule has 0 heterocycles. The fraction of sp³-hybridized carbons (Fsp3) is 0.941. The first-order chi connectivity index (χ1) is 10.6. The molecule has 1 saturated carbocycles. The second-order valence-corrected chi connectivity index (χ2v) is 10.8. The molecule has 144 valence electrons. The van der Waals surface area contributed by atoms with Crippen LogP contribution in [-0.4, -0.2) is 44.5 Å². The van der Waals surface area contributed by atoms with Gasteiger partial charge in [0.05, 0.1) is 10.5 Å². The Morgan fingerprint density at radius 3 is 2.12 bits per heavy atom. The maximum atomic E-state index is 12.1. The molecule has 7 heteroatoms. The van der Waals surface area contributed by atoms with Crippen molar-refractivity contribution in [2.45, 2.75) is 71.1 Å². The molecular formula is C17H36IN3O2S. The van der Waals surface area contributed by atoms with Crippen LogP contribution in [-0.2, 0) is 9.84 Å². The lowest BCUT2D eigenvalue weighted by Crippen LogP contribution is -2.46. The van der Waals surface area contributed by atoms with Crippen molar-refractivity contribution < 1.29 is 8.42 Å². The number of halogens is 1. The molecule has 0 aromatic heterocycles. The highest BCUT2D eigenvalue weighted by atomic mass is 127. The molecule has 0 spiro atoms. The first-order valence-corrected chi connectivity index (χ1v) is 10.4. The quantitative estimate of drug-likeness (QED) is 0.366. The maximum Gasteiger partial charge on any atom is 0.191 e. The van der Waals surface area contributed by atoms with E-state index in [-0.39, 0.29) is 29.7 Å². The average molecular weight is 473 g/mol. The molecule has 0 unspecified atom stereocenters. The van der Waals surface area contributed by atoms with E-state index in [2.05, 4.69) is 29.5 Å². The summed E-state index contributed by atoms with van der Waals surface area (Å²) < 4.78 is 23.5. The van der Waals surface area contributed by atoms with Gasteiger partial charge in [0.25, 0.3) is 0 Å². The standard InChI is InChI=1S/C17H35N3O2S.HI/c1-13(2)14-7-9-15(10-8-14)20-16(18-6)19-11-12-23(21,22)17(3,4)5;/h13-15H,7-12H2,1-6H3,(H2,18,19,20);1H. The van der Waals surface area contributed by atoms with Gasteiger partial charge in [0, 0.05) is 19.6 Å². The van der Waals surface area contributed by atoms with Gasteiger partial charge in [0.1, 0.15) is 0 Å². The fourth-order valence-corrected chi connectivity index (χ4v) is 3.91. The summed E-state index contributed by atoms with van der Waals surface area (Å²) in [5, 5.41) is 6.57. The fourth-order valence-electron chi connectivity index (χ4n) is 2.93. The van der Waals surface area contributed by atoms with Crippen LogP contribution in [0.4, 0.5) is 0 Å². The molecule has 0 aromatic rings. The Labute approximate surface area is 165 Å². The van der Waals surface area contributed by atoms with Crippen LogP contribution in [0, 0.1) is 11.8 Å². The van der Waals surface area contributed by atoms with Crippen LogP contribution >= 0.6 is 24.0 Å². The van der Waals surface area contributed by atoms with E-state index < -0.39 is 14.6 Å². The van der Waals surface area contributed by atoms with E-state index in [9.17, 15) is 8.42 Å². The van der Waals surface area contributed by atoms with Gasteiger partial charge in [-0.05, 0) is 58.3 Å². The lowest BCUT2D eigenvalue weighted by molar-refractivity contribution is 0.250. The number of sulfone groups is 1. The minimum Gasteiger partial charge on any atom is -0.355 e. The minimum atomic E-state index is -3.10. The molecule has 1 aliphatic rings. The smallest absolute Gasteiger partial charge is 0.191 e. The van der Waals surface area contributed by atoms with Crippen molar-refractivity contribution in [2.75, 3.05) is 19.3 Å². The van der Waals surface area contributed by atoms with E-state index in [0.717, 1.165) is 24.7 Å². The molecule has 0 aliphatic heterocycles. The zero-order chi connectivity index (χ0) is 17.7. The van der Waals surface area contributed by atoms with Crippen molar-refractivity contribution in [2.24, 2.45) is 16.8 Å². The Morgan fingerprint density at radius 1 is 1.17 bits per heavy atom. The number of hydrogen-bond acceptors (Lipinski definition) is 3. The molecule has 2 N–H and O–H groups in total. The number of rotatable bonds is 5. The number of aliphatic imine (C=N–C) groups is 1. The van der Waals surface area contributed by atoms with Gasteiger partial charge in [0.2, 0.25) is 0 Å². The normalized spacial score (nSPS) is 22.9. The SMILES string of the molecule is CN=C(NCCS(=O)(=O)C(C)(C)C)NC1CCC(C(C)C)CC1.I. The molecule has 1 aliphatic carbocycles. The molecule has 0 atom stereocenters. The molecule has 5 nitrogen and oxygen atoms in total. The highest BCUT2D eigenvalue weighted by molar-refractivity contribution is 14.0. The van der Waals surface area contributed by atoms with Crippen LogP contribution in [0.3, 0.4) is 0 Å². The summed E-state index contributed by atoms with van der Waals surface area (Å²) in [7, 11) is -1.37. The van der Waals surface area contributed by atoms with Gasteiger partial charge in [-0.3, -0.25) is 4.99 Å². The molecule has 24 heavy (non-hydrogen) atoms. The van der Waals surface area contributed by atoms with E-state index in [1.54, 1.807) is 27.8 Å². The number of guanidine groups is 1. The summed E-state index contributed by atoms with van der Waals surface area (Å²) >= 11 is 0. The van der Waals surface area contributed by atoms with Crippen LogP contribution in [0.25, 0.3) is 0 Å². The first-order valence-electron chi connectivity index (χ1n) is 8.76. The predicted molar refractivity (Wildman–Crippen MR) is 114 cm³/mol. The third-order valence-electron chi connectivity index (χ3n) is 4.88. The summed E-state index contributed by atoms with van der Waals surface area (Å²) in [6.07, 6.45) is 4.82. The molecule has 0 amide bonds. The van der Waals surface area contributed by atoms with Crippen molar-refractivity contribution in [1.82, 2.24) is 10.6 Å². The van der Waals surface area contributed by atoms with Crippen molar-refractivity contribution >= 4 is 39.8 Å². The summed E-state index contributed by atoms with van der Waals surface area (Å²) in [5.74, 6) is 2.43. The van der Waals surface area contributed by atoms with Crippen LogP contribution in [0.5, 0.6) is 0 Å². The summed E-state index contributed by atoms with van der Waals surface area (Å²) in [5.41, 5.74) is 0. The number of hydrogen-bond donors (Lipinski definition) is 2. The first kappa shape index (κ1) is 23.9. The zero-order valence-corrected chi connectivity index (χ0v) is 19.2. The van der Waals surface area contributed by atoms with Crippen LogP contribution < -0.4 is 10.6 Å². The zero-order valence-electron chi connectivity index (χ0n) is 16.1. The van der Waals surface area contributed by atoms with E-state index in [0.29, 0.717) is 18.5 Å². The van der Waals surface area contributed by atoms with Gasteiger partial charge in [-0.25, -0.2) is 8.42 Å². The third kappa shape index (κ3) is 7.45. The van der Waals surface area contributed by atoms with Crippen molar-refractivity contribution in [3.8, 4) is 0 Å². The van der Waals surface area contributed by atoms with Crippen molar-refractivity contribution in [3.05, 3.63) is 0 Å². The molecule has 0 aromatic carbocycles. The van der Waals surface area contributed by atoms with Gasteiger partial charge in [-0.2, -0.15) is 0 Å². The highest BCUT2D eigenvalue weighted by Gasteiger charge is 2.28. The molecule has 1 rings (SSSR count). The molecule has 0 bridgehead atoms. The lowest BCUT2D eigenvalue weighted by atomic mass is 9.80. The van der Waals surface area contributed by atoms with Gasteiger partial charge >= 0.3 is 0 Å². The van der Waals surface area contributed by atoms with E-state index in [1.807, 2.05) is 0 Å². The second-order valence-electron chi connectivity index (χ2n) is 7.93. The Bertz CT molecular complexity index is 490. The summed E-state index contributed by atoms with van der Waals surface area (Å²) in [6, 6.07) is 0.440. The highest BCUT2D eigenvalue weighted by Crippen LogP contribution is 2.29. The molecule has 1 fully saturated rings.